The van der Waals surface area contributed by atoms with Crippen LogP contribution in [0.3, 0.4) is 0 Å². The van der Waals surface area contributed by atoms with Crippen molar-refractivity contribution in [3.05, 3.63) is 72.8 Å². The molecule has 0 saturated heterocycles. The molecule has 7 aromatic rings. The molecule has 0 radical (unpaired) electrons. The first kappa shape index (κ1) is 44.5. The molecule has 8 bridgehead atoms. The smallest absolute Gasteiger partial charge is 0.165 e. The van der Waals surface area contributed by atoms with E-state index in [0.29, 0.717) is 89.7 Å². The number of thioether (sulfide) groups is 4. The molecule has 330 valence electrons. The van der Waals surface area contributed by atoms with Gasteiger partial charge in [-0.05, 0) is 24.3 Å². The Bertz CT molecular complexity index is 2840. The van der Waals surface area contributed by atoms with Gasteiger partial charge < -0.3 is 50.8 Å². The van der Waals surface area contributed by atoms with Crippen LogP contribution >= 0.6 is 47.0 Å². The van der Waals surface area contributed by atoms with Gasteiger partial charge in [-0.15, -0.1) is 47.0 Å². The first-order valence-corrected chi connectivity index (χ1v) is 24.1. The summed E-state index contributed by atoms with van der Waals surface area (Å²) in [4.78, 5) is 40.8. The molecule has 64 heavy (non-hydrogen) atoms. The van der Waals surface area contributed by atoms with Crippen LogP contribution in [0.4, 0.5) is 0 Å². The van der Waals surface area contributed by atoms with Crippen LogP contribution in [0.1, 0.15) is 0 Å². The van der Waals surface area contributed by atoms with Gasteiger partial charge in [0.1, 0.15) is 22.6 Å². The van der Waals surface area contributed by atoms with Gasteiger partial charge in [0.15, 0.2) is 23.3 Å². The van der Waals surface area contributed by atoms with E-state index in [4.69, 9.17) is 29.9 Å². The van der Waals surface area contributed by atoms with Crippen LogP contribution in [0, 0.1) is 0 Å². The van der Waals surface area contributed by atoms with Crippen molar-refractivity contribution in [2.45, 2.75) is 44.0 Å². The number of aliphatic hydroxyl groups is 8. The maximum atomic E-state index is 10.4. The minimum absolute atomic E-state index is 0.207. The Morgan fingerprint density at radius 2 is 0.719 bits per heavy atom. The second-order valence-corrected chi connectivity index (χ2v) is 19.2. The van der Waals surface area contributed by atoms with Crippen molar-refractivity contribution in [2.24, 2.45) is 0 Å². The zero-order chi connectivity index (χ0) is 44.5. The van der Waals surface area contributed by atoms with Crippen LogP contribution in [0.25, 0.3) is 89.7 Å². The van der Waals surface area contributed by atoms with Crippen molar-refractivity contribution in [1.29, 1.82) is 0 Å². The number of aromatic amines is 2. The molecule has 2 aliphatic rings. The first-order chi connectivity index (χ1) is 31.2. The van der Waals surface area contributed by atoms with Gasteiger partial charge in [-0.25, -0.2) is 29.9 Å². The number of hydrogen-bond donors (Lipinski definition) is 10. The fraction of sp³-hybridized carbons (Fsp3) is 0.273. The lowest BCUT2D eigenvalue weighted by Crippen LogP contribution is -2.14. The molecular weight excluding hydrogens is 897 g/mol. The molecule has 4 atom stereocenters. The van der Waals surface area contributed by atoms with Crippen LogP contribution in [-0.2, 0) is 0 Å². The molecule has 0 amide bonds. The van der Waals surface area contributed by atoms with Crippen molar-refractivity contribution in [3.8, 4) is 45.6 Å². The average Bonchev–Trinajstić information content (AvgIpc) is 4.07. The zero-order valence-corrected chi connectivity index (χ0v) is 37.1. The van der Waals surface area contributed by atoms with Crippen molar-refractivity contribution >= 4 is 91.2 Å². The van der Waals surface area contributed by atoms with E-state index in [1.807, 2.05) is 72.8 Å². The Balaban J connectivity index is 1.40. The van der Waals surface area contributed by atoms with E-state index in [1.165, 1.54) is 47.0 Å². The van der Waals surface area contributed by atoms with E-state index in [0.717, 1.165) is 19.6 Å². The lowest BCUT2D eigenvalue weighted by atomic mass is 10.1. The van der Waals surface area contributed by atoms with E-state index in [2.05, 4.69) is 9.97 Å². The summed E-state index contributed by atoms with van der Waals surface area (Å²) in [6, 6.07) is 22.7. The number of fused-ring (bicyclic) bond motifs is 20. The number of aromatic nitrogens is 8. The molecule has 4 unspecified atom stereocenters. The Morgan fingerprint density at radius 3 is 1.09 bits per heavy atom. The molecule has 9 rings (SSSR count). The minimum Gasteiger partial charge on any atom is -0.394 e. The Hall–Kier alpha value is -4.68. The van der Waals surface area contributed by atoms with E-state index < -0.39 is 50.8 Å². The number of benzene rings is 4. The Morgan fingerprint density at radius 1 is 0.391 bits per heavy atom. The topological polar surface area (TPSA) is 271 Å². The number of H-pyrrole nitrogens is 2. The third-order valence-electron chi connectivity index (χ3n) is 10.4. The highest BCUT2D eigenvalue weighted by Crippen LogP contribution is 2.44. The van der Waals surface area contributed by atoms with Gasteiger partial charge in [-0.3, -0.25) is 0 Å². The summed E-state index contributed by atoms with van der Waals surface area (Å²) in [5.74, 6) is 2.18. The number of nitrogens with one attached hydrogen (secondary N) is 2. The van der Waals surface area contributed by atoms with Crippen molar-refractivity contribution < 1.29 is 40.9 Å². The van der Waals surface area contributed by atoms with Crippen molar-refractivity contribution in [2.75, 3.05) is 49.4 Å². The number of aliphatic hydroxyl groups excluding tert-OH is 8. The van der Waals surface area contributed by atoms with Gasteiger partial charge in [0.05, 0.1) is 50.8 Å². The SMILES string of the molecule is OCC(O)CSc1cccc2c1-c1nc-2nc2[nH]c(nc3nc(nc4[nH]c(n1)c1cccc(SCC(O)CO)c41)-c1cccc(SCC(O)CO)c1-3)c1cccc(SCC(O)CO)c21. The molecule has 3 aromatic heterocycles. The molecule has 4 aromatic carbocycles. The Labute approximate surface area is 381 Å². The predicted octanol–water partition coefficient (Wildman–Crippen LogP) is 4.65. The van der Waals surface area contributed by atoms with E-state index in [-0.39, 0.29) is 23.0 Å². The number of nitrogens with zero attached hydrogens (tertiary/aromatic N) is 6. The van der Waals surface area contributed by atoms with Gasteiger partial charge in [0.25, 0.3) is 0 Å². The van der Waals surface area contributed by atoms with Crippen molar-refractivity contribution in [1.82, 2.24) is 39.9 Å². The van der Waals surface area contributed by atoms with E-state index in [1.54, 1.807) is 0 Å². The lowest BCUT2D eigenvalue weighted by Gasteiger charge is -2.10. The second-order valence-electron chi connectivity index (χ2n) is 14.9. The highest BCUT2D eigenvalue weighted by atomic mass is 32.2. The summed E-state index contributed by atoms with van der Waals surface area (Å²) in [6.07, 6.45) is -3.85. The standard InChI is InChI=1S/C44H42N8O8S4/c53-13-21(57)17-61-29-9-1-5-25-33(29)41-45-37(25)49-42-34-26(6-2-10-30(34)62-18-22(58)14-54)39(46-42)51-44-36-28(8-4-12-32(36)64-20-24(60)16-56)40(48-44)52-43-35-27(38(47-43)50-41)7-3-11-31(35)63-19-23(59)15-55/h1-12,21-24,53-60H,13-20H2,(H2,45,46,47,48,49,50,51,52). The normalized spacial score (nSPS) is 14.1. The van der Waals surface area contributed by atoms with Crippen LogP contribution in [-0.4, -0.2) is 155 Å². The molecular formula is C44H42N8O8S4. The van der Waals surface area contributed by atoms with Crippen LogP contribution in [0.15, 0.2) is 92.4 Å². The van der Waals surface area contributed by atoms with E-state index >= 15 is 0 Å². The van der Waals surface area contributed by atoms with Crippen LogP contribution in [0.2, 0.25) is 0 Å². The number of rotatable bonds is 16. The fourth-order valence-corrected chi connectivity index (χ4v) is 11.3. The average molecular weight is 939 g/mol. The maximum absolute atomic E-state index is 10.4. The molecule has 2 aliphatic heterocycles. The highest BCUT2D eigenvalue weighted by Gasteiger charge is 2.27. The molecule has 5 heterocycles. The molecule has 0 fully saturated rings. The summed E-state index contributed by atoms with van der Waals surface area (Å²) in [7, 11) is 0. The molecule has 0 aliphatic carbocycles. The van der Waals surface area contributed by atoms with E-state index in [9.17, 15) is 40.9 Å². The van der Waals surface area contributed by atoms with Gasteiger partial charge in [-0.1, -0.05) is 48.5 Å². The Kier molecular flexibility index (Phi) is 13.5. The molecule has 20 heteroatoms. The molecule has 0 saturated carbocycles. The quantitative estimate of drug-likeness (QED) is 0.0591. The fourth-order valence-electron chi connectivity index (χ4n) is 7.29. The first-order valence-electron chi connectivity index (χ1n) is 20.2. The second kappa shape index (κ2) is 19.4. The van der Waals surface area contributed by atoms with Gasteiger partial charge in [0.2, 0.25) is 0 Å². The molecule has 10 N–H and O–H groups in total. The van der Waals surface area contributed by atoms with Crippen LogP contribution in [0.5, 0.6) is 0 Å². The lowest BCUT2D eigenvalue weighted by molar-refractivity contribution is 0.113. The summed E-state index contributed by atoms with van der Waals surface area (Å²) in [5, 5.41) is 82.9. The predicted molar refractivity (Wildman–Crippen MR) is 251 cm³/mol. The van der Waals surface area contributed by atoms with Gasteiger partial charge in [0, 0.05) is 86.4 Å². The highest BCUT2D eigenvalue weighted by molar-refractivity contribution is 8.00. The molecule has 0 spiro atoms. The van der Waals surface area contributed by atoms with Gasteiger partial charge >= 0.3 is 0 Å². The van der Waals surface area contributed by atoms with Crippen LogP contribution < -0.4 is 0 Å². The monoisotopic (exact) mass is 938 g/mol. The minimum atomic E-state index is -0.963. The summed E-state index contributed by atoms with van der Waals surface area (Å²) >= 11 is 5.43. The number of hydrogen-bond acceptors (Lipinski definition) is 18. The summed E-state index contributed by atoms with van der Waals surface area (Å²) in [6.45, 7) is -1.60. The zero-order valence-electron chi connectivity index (χ0n) is 33.8. The summed E-state index contributed by atoms with van der Waals surface area (Å²) < 4.78 is 0. The molecule has 16 nitrogen and oxygen atoms in total. The largest absolute Gasteiger partial charge is 0.394 e. The maximum Gasteiger partial charge on any atom is 0.165 e. The third-order valence-corrected chi connectivity index (χ3v) is 15.2. The summed E-state index contributed by atoms with van der Waals surface area (Å²) in [5.41, 5.74) is 4.37. The third kappa shape index (κ3) is 8.85. The van der Waals surface area contributed by atoms with Gasteiger partial charge in [-0.2, -0.15) is 0 Å². The van der Waals surface area contributed by atoms with Crippen molar-refractivity contribution in [3.63, 3.8) is 0 Å².